The molecule has 2 heterocycles. The average Bonchev–Trinajstić information content (AvgIpc) is 3.33. The molecule has 0 spiro atoms. The Morgan fingerprint density at radius 3 is 2.52 bits per heavy atom. The molecule has 7 nitrogen and oxygen atoms in total. The van der Waals surface area contributed by atoms with E-state index in [1.807, 2.05) is 53.5 Å². The van der Waals surface area contributed by atoms with Crippen LogP contribution in [-0.4, -0.2) is 38.0 Å². The Balaban J connectivity index is 1.58. The fraction of sp³-hybridized carbons (Fsp3) is 0.231. The number of hydrogen-bond donors (Lipinski definition) is 0. The van der Waals surface area contributed by atoms with E-state index in [4.69, 9.17) is 24.0 Å². The number of rotatable bonds is 5. The van der Waals surface area contributed by atoms with Crippen LogP contribution in [0.1, 0.15) is 45.7 Å². The summed E-state index contributed by atoms with van der Waals surface area (Å²) in [7, 11) is 4.66. The number of benzene rings is 3. The van der Waals surface area contributed by atoms with Gasteiger partial charge in [0, 0.05) is 23.1 Å². The molecule has 0 aliphatic carbocycles. The zero-order chi connectivity index (χ0) is 22.9. The van der Waals surface area contributed by atoms with Gasteiger partial charge in [0.25, 0.3) is 0 Å². The second-order valence-corrected chi connectivity index (χ2v) is 7.84. The molecule has 168 valence electrons. The highest BCUT2D eigenvalue weighted by Crippen LogP contribution is 2.50. The van der Waals surface area contributed by atoms with E-state index in [2.05, 4.69) is 6.07 Å². The normalized spacial score (nSPS) is 18.5. The third-order valence-corrected chi connectivity index (χ3v) is 6.02. The minimum absolute atomic E-state index is 0.0182. The summed E-state index contributed by atoms with van der Waals surface area (Å²) < 4.78 is 22.3. The number of esters is 1. The maximum atomic E-state index is 11.9. The van der Waals surface area contributed by atoms with Crippen molar-refractivity contribution in [3.05, 3.63) is 89.0 Å². The van der Waals surface area contributed by atoms with Crippen molar-refractivity contribution in [3.8, 4) is 17.2 Å². The molecule has 2 aliphatic heterocycles. The van der Waals surface area contributed by atoms with Crippen LogP contribution in [0, 0.1) is 0 Å². The molecule has 3 aromatic rings. The average molecular weight is 444 g/mol. The molecule has 2 aliphatic rings. The third-order valence-electron chi connectivity index (χ3n) is 6.02. The Kier molecular flexibility index (Phi) is 5.38. The van der Waals surface area contributed by atoms with Crippen molar-refractivity contribution in [1.29, 1.82) is 0 Å². The first-order valence-electron chi connectivity index (χ1n) is 10.6. The number of fused-ring (bicyclic) bond motifs is 3. The molecule has 0 saturated heterocycles. The lowest BCUT2D eigenvalue weighted by Gasteiger charge is -2.38. The van der Waals surface area contributed by atoms with Gasteiger partial charge in [-0.25, -0.2) is 9.80 Å². The number of hydrazone groups is 1. The fourth-order valence-corrected chi connectivity index (χ4v) is 4.34. The van der Waals surface area contributed by atoms with Gasteiger partial charge in [0.1, 0.15) is 5.75 Å². The first-order valence-corrected chi connectivity index (χ1v) is 10.6. The lowest BCUT2D eigenvalue weighted by Crippen LogP contribution is -2.33. The van der Waals surface area contributed by atoms with Crippen LogP contribution in [-0.2, 0) is 4.74 Å². The van der Waals surface area contributed by atoms with Crippen LogP contribution >= 0.6 is 0 Å². The van der Waals surface area contributed by atoms with Gasteiger partial charge >= 0.3 is 5.97 Å². The SMILES string of the molecule is COC(=O)c1ccc([C@H]2Oc3c(OC)cccc3[C@@H]3CC(c4cccc(OC)c4)=NN23)cc1. The summed E-state index contributed by atoms with van der Waals surface area (Å²) in [6.07, 6.45) is 0.238. The van der Waals surface area contributed by atoms with Crippen molar-refractivity contribution >= 4 is 11.7 Å². The maximum absolute atomic E-state index is 11.9. The zero-order valence-electron chi connectivity index (χ0n) is 18.6. The van der Waals surface area contributed by atoms with Crippen LogP contribution in [0.3, 0.4) is 0 Å². The molecule has 0 fully saturated rings. The monoisotopic (exact) mass is 444 g/mol. The molecule has 33 heavy (non-hydrogen) atoms. The molecular formula is C26H24N2O5. The molecule has 7 heteroatoms. The summed E-state index contributed by atoms with van der Waals surface area (Å²) >= 11 is 0. The van der Waals surface area contributed by atoms with Gasteiger partial charge in [-0.1, -0.05) is 36.4 Å². The van der Waals surface area contributed by atoms with E-state index in [1.54, 1.807) is 26.4 Å². The Labute approximate surface area is 192 Å². The van der Waals surface area contributed by atoms with Crippen molar-refractivity contribution in [3.63, 3.8) is 0 Å². The van der Waals surface area contributed by atoms with Gasteiger partial charge in [-0.15, -0.1) is 0 Å². The number of carbonyl (C=O) groups is 1. The first-order chi connectivity index (χ1) is 16.1. The first kappa shape index (κ1) is 20.9. The lowest BCUT2D eigenvalue weighted by molar-refractivity contribution is -0.0209. The molecule has 0 saturated carbocycles. The minimum Gasteiger partial charge on any atom is -0.497 e. The van der Waals surface area contributed by atoms with Gasteiger partial charge in [-0.2, -0.15) is 5.10 Å². The van der Waals surface area contributed by atoms with Crippen molar-refractivity contribution in [2.45, 2.75) is 18.7 Å². The number of para-hydroxylation sites is 1. The van der Waals surface area contributed by atoms with E-state index in [0.29, 0.717) is 23.5 Å². The summed E-state index contributed by atoms with van der Waals surface area (Å²) in [6, 6.07) is 21.0. The van der Waals surface area contributed by atoms with Gasteiger partial charge in [-0.05, 0) is 30.3 Å². The number of hydrogen-bond acceptors (Lipinski definition) is 7. The van der Waals surface area contributed by atoms with Gasteiger partial charge in [-0.3, -0.25) is 0 Å². The van der Waals surface area contributed by atoms with Crippen LogP contribution in [0.5, 0.6) is 17.2 Å². The molecule has 0 aromatic heterocycles. The summed E-state index contributed by atoms with van der Waals surface area (Å²) in [4.78, 5) is 11.9. The quantitative estimate of drug-likeness (QED) is 0.530. The van der Waals surface area contributed by atoms with Crippen LogP contribution in [0.25, 0.3) is 0 Å². The number of nitrogens with zero attached hydrogens (tertiary/aromatic N) is 2. The van der Waals surface area contributed by atoms with Crippen LogP contribution in [0.2, 0.25) is 0 Å². The van der Waals surface area contributed by atoms with Crippen molar-refractivity contribution in [2.75, 3.05) is 21.3 Å². The highest BCUT2D eigenvalue weighted by molar-refractivity contribution is 6.02. The predicted octanol–water partition coefficient (Wildman–Crippen LogP) is 4.73. The van der Waals surface area contributed by atoms with Crippen molar-refractivity contribution in [1.82, 2.24) is 5.01 Å². The Hall–Kier alpha value is -4.00. The molecule has 0 bridgehead atoms. The standard InChI is InChI=1S/C26H24N2O5/c1-30-19-7-4-6-18(14-19)21-15-22-20-8-5-9-23(31-2)24(20)33-25(28(22)27-21)16-10-12-17(13-11-16)26(29)32-3/h4-14,22,25H,15H2,1-3H3/t22-,25+/m0/s1. The molecule has 0 N–H and O–H groups in total. The Bertz CT molecular complexity index is 1220. The molecule has 3 aromatic carbocycles. The molecule has 0 radical (unpaired) electrons. The van der Waals surface area contributed by atoms with Gasteiger partial charge in [0.15, 0.2) is 11.5 Å². The summed E-state index contributed by atoms with van der Waals surface area (Å²) in [5, 5.41) is 6.97. The summed E-state index contributed by atoms with van der Waals surface area (Å²) in [5.41, 5.74) is 4.34. The molecule has 0 amide bonds. The smallest absolute Gasteiger partial charge is 0.337 e. The molecule has 5 rings (SSSR count). The molecule has 0 unspecified atom stereocenters. The minimum atomic E-state index is -0.478. The van der Waals surface area contributed by atoms with E-state index >= 15 is 0 Å². The van der Waals surface area contributed by atoms with E-state index in [0.717, 1.165) is 28.2 Å². The fourth-order valence-electron chi connectivity index (χ4n) is 4.34. The molecular weight excluding hydrogens is 420 g/mol. The Morgan fingerprint density at radius 2 is 1.79 bits per heavy atom. The van der Waals surface area contributed by atoms with Crippen LogP contribution in [0.15, 0.2) is 71.8 Å². The maximum Gasteiger partial charge on any atom is 0.337 e. The van der Waals surface area contributed by atoms with E-state index in [-0.39, 0.29) is 12.0 Å². The van der Waals surface area contributed by atoms with Gasteiger partial charge in [0.05, 0.1) is 38.6 Å². The second kappa shape index (κ2) is 8.50. The number of carbonyl (C=O) groups excluding carboxylic acids is 1. The second-order valence-electron chi connectivity index (χ2n) is 7.84. The number of methoxy groups -OCH3 is 3. The van der Waals surface area contributed by atoms with Gasteiger partial charge < -0.3 is 18.9 Å². The topological polar surface area (TPSA) is 69.6 Å². The predicted molar refractivity (Wildman–Crippen MR) is 123 cm³/mol. The van der Waals surface area contributed by atoms with E-state index in [1.165, 1.54) is 7.11 Å². The van der Waals surface area contributed by atoms with Crippen molar-refractivity contribution in [2.24, 2.45) is 5.10 Å². The summed E-state index contributed by atoms with van der Waals surface area (Å²) in [6.45, 7) is 0. The number of ether oxygens (including phenoxy) is 4. The van der Waals surface area contributed by atoms with Crippen LogP contribution in [0.4, 0.5) is 0 Å². The molecule has 2 atom stereocenters. The zero-order valence-corrected chi connectivity index (χ0v) is 18.6. The highest BCUT2D eigenvalue weighted by Gasteiger charge is 2.42. The Morgan fingerprint density at radius 1 is 1.00 bits per heavy atom. The third kappa shape index (κ3) is 3.65. The van der Waals surface area contributed by atoms with Crippen LogP contribution < -0.4 is 14.2 Å². The largest absolute Gasteiger partial charge is 0.497 e. The van der Waals surface area contributed by atoms with Crippen molar-refractivity contribution < 1.29 is 23.7 Å². The van der Waals surface area contributed by atoms with Gasteiger partial charge in [0.2, 0.25) is 6.23 Å². The highest BCUT2D eigenvalue weighted by atomic mass is 16.5. The van der Waals surface area contributed by atoms with E-state index < -0.39 is 6.23 Å². The van der Waals surface area contributed by atoms with E-state index in [9.17, 15) is 4.79 Å². The summed E-state index contributed by atoms with van der Waals surface area (Å²) in [5.74, 6) is 1.80. The lowest BCUT2D eigenvalue weighted by atomic mass is 9.95.